The molecule has 0 amide bonds. The number of halogens is 4. The first-order valence-electron chi connectivity index (χ1n) is 5.87. The van der Waals surface area contributed by atoms with E-state index in [0.29, 0.717) is 19.3 Å². The van der Waals surface area contributed by atoms with Crippen LogP contribution in [0.4, 0.5) is 17.6 Å². The predicted octanol–water partition coefficient (Wildman–Crippen LogP) is 2.28. The number of esters is 1. The molecule has 0 saturated heterocycles. The molecule has 2 fully saturated rings. The number of aliphatic carboxylic acids is 1. The first-order valence-corrected chi connectivity index (χ1v) is 5.87. The maximum Gasteiger partial charge on any atom is 0.478 e. The van der Waals surface area contributed by atoms with Crippen LogP contribution in [0.1, 0.15) is 25.7 Å². The fraction of sp³-hybridized carbons (Fsp3) is 0.818. The van der Waals surface area contributed by atoms with Crippen LogP contribution in [0.2, 0.25) is 0 Å². The van der Waals surface area contributed by atoms with E-state index in [1.54, 1.807) is 0 Å². The molecule has 0 spiro atoms. The van der Waals surface area contributed by atoms with Gasteiger partial charge in [0.2, 0.25) is 0 Å². The normalized spacial score (nSPS) is 30.4. The molecule has 0 aliphatic heterocycles. The van der Waals surface area contributed by atoms with Crippen LogP contribution >= 0.6 is 0 Å². The van der Waals surface area contributed by atoms with Crippen LogP contribution < -0.4 is 0 Å². The van der Waals surface area contributed by atoms with Crippen molar-refractivity contribution in [3.8, 4) is 0 Å². The number of fused-ring (bicyclic) bond motifs is 2. The molecule has 2 aliphatic rings. The van der Waals surface area contributed by atoms with E-state index in [9.17, 15) is 27.2 Å². The molecule has 2 saturated carbocycles. The highest BCUT2D eigenvalue weighted by Crippen LogP contribution is 2.49. The zero-order chi connectivity index (χ0) is 14.4. The zero-order valence-corrected chi connectivity index (χ0v) is 9.74. The number of carboxylic acid groups (broad SMARTS) is 1. The quantitative estimate of drug-likeness (QED) is 0.635. The summed E-state index contributed by atoms with van der Waals surface area (Å²) in [5.74, 6) is -10.6. The zero-order valence-electron chi connectivity index (χ0n) is 9.74. The minimum atomic E-state index is -5.43. The van der Waals surface area contributed by atoms with Crippen LogP contribution in [0.25, 0.3) is 0 Å². The number of hydrogen-bond acceptors (Lipinski definition) is 3. The third-order valence-corrected chi connectivity index (χ3v) is 3.90. The molecule has 2 rings (SSSR count). The second-order valence-corrected chi connectivity index (χ2v) is 5.10. The van der Waals surface area contributed by atoms with Gasteiger partial charge in [-0.05, 0) is 31.1 Å². The van der Waals surface area contributed by atoms with Gasteiger partial charge >= 0.3 is 24.0 Å². The molecule has 0 heterocycles. The van der Waals surface area contributed by atoms with E-state index in [1.807, 2.05) is 0 Å². The van der Waals surface area contributed by atoms with Crippen LogP contribution in [-0.4, -0.2) is 29.1 Å². The van der Waals surface area contributed by atoms with Crippen molar-refractivity contribution >= 4 is 11.9 Å². The van der Waals surface area contributed by atoms with Crippen molar-refractivity contribution in [1.82, 2.24) is 0 Å². The summed E-state index contributed by atoms with van der Waals surface area (Å²) < 4.78 is 55.0. The fourth-order valence-corrected chi connectivity index (χ4v) is 2.92. The Morgan fingerprint density at radius 3 is 2.16 bits per heavy atom. The third kappa shape index (κ3) is 2.28. The Kier molecular flexibility index (Phi) is 3.22. The summed E-state index contributed by atoms with van der Waals surface area (Å²) in [6.07, 6.45) is -2.70. The van der Waals surface area contributed by atoms with E-state index in [-0.39, 0.29) is 11.8 Å². The lowest BCUT2D eigenvalue weighted by atomic mass is 9.89. The maximum absolute atomic E-state index is 13.0. The van der Waals surface area contributed by atoms with Crippen molar-refractivity contribution < 1.29 is 37.0 Å². The Hall–Kier alpha value is -1.34. The maximum atomic E-state index is 13.0. The lowest BCUT2D eigenvalue weighted by Gasteiger charge is -2.26. The lowest BCUT2D eigenvalue weighted by Crippen LogP contribution is -2.50. The van der Waals surface area contributed by atoms with Gasteiger partial charge < -0.3 is 9.84 Å². The van der Waals surface area contributed by atoms with E-state index in [0.717, 1.165) is 6.42 Å². The molecular weight excluding hydrogens is 272 g/mol. The molecule has 8 heteroatoms. The minimum Gasteiger partial charge on any atom is -0.477 e. The Labute approximate surface area is 105 Å². The van der Waals surface area contributed by atoms with E-state index in [2.05, 4.69) is 4.74 Å². The Balaban J connectivity index is 2.04. The summed E-state index contributed by atoms with van der Waals surface area (Å²) >= 11 is 0. The van der Waals surface area contributed by atoms with Crippen LogP contribution in [-0.2, 0) is 14.3 Å². The number of alkyl halides is 4. The van der Waals surface area contributed by atoms with Gasteiger partial charge in [0.25, 0.3) is 0 Å². The van der Waals surface area contributed by atoms with E-state index in [4.69, 9.17) is 5.11 Å². The van der Waals surface area contributed by atoms with Crippen LogP contribution in [0.15, 0.2) is 0 Å². The van der Waals surface area contributed by atoms with Gasteiger partial charge in [-0.1, -0.05) is 6.42 Å². The summed E-state index contributed by atoms with van der Waals surface area (Å²) in [6, 6.07) is 0. The number of hydrogen-bond donors (Lipinski definition) is 1. The Morgan fingerprint density at radius 1 is 1.11 bits per heavy atom. The van der Waals surface area contributed by atoms with Crippen LogP contribution in [0, 0.1) is 17.8 Å². The molecule has 108 valence electrons. The van der Waals surface area contributed by atoms with E-state index < -0.39 is 29.9 Å². The molecule has 2 aliphatic carbocycles. The van der Waals surface area contributed by atoms with Gasteiger partial charge in [-0.15, -0.1) is 0 Å². The Bertz CT molecular complexity index is 409. The first kappa shape index (κ1) is 14.1. The molecule has 1 N–H and O–H groups in total. The van der Waals surface area contributed by atoms with Crippen LogP contribution in [0.5, 0.6) is 0 Å². The van der Waals surface area contributed by atoms with Crippen molar-refractivity contribution in [1.29, 1.82) is 0 Å². The van der Waals surface area contributed by atoms with Gasteiger partial charge in [0.05, 0.1) is 5.92 Å². The number of carbonyl (C=O) groups excluding carboxylic acids is 1. The molecule has 0 aromatic heterocycles. The smallest absolute Gasteiger partial charge is 0.477 e. The molecule has 4 nitrogen and oxygen atoms in total. The molecule has 3 unspecified atom stereocenters. The third-order valence-electron chi connectivity index (χ3n) is 3.90. The first-order chi connectivity index (χ1) is 8.65. The van der Waals surface area contributed by atoms with Gasteiger partial charge in [0.1, 0.15) is 0 Å². The van der Waals surface area contributed by atoms with Crippen molar-refractivity contribution in [3.63, 3.8) is 0 Å². The van der Waals surface area contributed by atoms with Gasteiger partial charge in [-0.25, -0.2) is 4.79 Å². The van der Waals surface area contributed by atoms with Gasteiger partial charge in [0, 0.05) is 0 Å². The number of carbonyl (C=O) groups is 2. The summed E-state index contributed by atoms with van der Waals surface area (Å²) in [7, 11) is 0. The average molecular weight is 284 g/mol. The summed E-state index contributed by atoms with van der Waals surface area (Å²) in [4.78, 5) is 21.6. The van der Waals surface area contributed by atoms with Crippen molar-refractivity contribution in [2.75, 3.05) is 0 Å². The van der Waals surface area contributed by atoms with Crippen molar-refractivity contribution in [2.45, 2.75) is 37.7 Å². The van der Waals surface area contributed by atoms with Crippen LogP contribution in [0.3, 0.4) is 0 Å². The second-order valence-electron chi connectivity index (χ2n) is 5.10. The lowest BCUT2D eigenvalue weighted by molar-refractivity contribution is -0.324. The van der Waals surface area contributed by atoms with Crippen molar-refractivity contribution in [2.24, 2.45) is 17.8 Å². The standard InChI is InChI=1S/C11H12F4O4/c12-10(13,9(17)18)11(14,15)19-8(16)7-4-5-1-2-6(7)3-5/h5-7H,1-4H2,(H,17,18). The summed E-state index contributed by atoms with van der Waals surface area (Å²) in [6.45, 7) is 0. The largest absolute Gasteiger partial charge is 0.478 e. The second kappa shape index (κ2) is 4.35. The summed E-state index contributed by atoms with van der Waals surface area (Å²) in [5, 5.41) is 8.04. The van der Waals surface area contributed by atoms with Gasteiger partial charge in [-0.2, -0.15) is 17.6 Å². The molecule has 3 atom stereocenters. The molecule has 0 aromatic carbocycles. The van der Waals surface area contributed by atoms with Gasteiger partial charge in [0.15, 0.2) is 0 Å². The van der Waals surface area contributed by atoms with E-state index in [1.165, 1.54) is 0 Å². The highest BCUT2D eigenvalue weighted by molar-refractivity contribution is 5.78. The average Bonchev–Trinajstić information content (AvgIpc) is 2.89. The molecule has 2 bridgehead atoms. The molecular formula is C11H12F4O4. The van der Waals surface area contributed by atoms with E-state index >= 15 is 0 Å². The minimum absolute atomic E-state index is 0.119. The number of carboxylic acids is 1. The monoisotopic (exact) mass is 284 g/mol. The molecule has 0 aromatic rings. The highest BCUT2D eigenvalue weighted by atomic mass is 19.3. The van der Waals surface area contributed by atoms with Crippen molar-refractivity contribution in [3.05, 3.63) is 0 Å². The molecule has 19 heavy (non-hydrogen) atoms. The SMILES string of the molecule is O=C(OC(F)(F)C(F)(F)C(=O)O)C1CC2CCC1C2. The number of ether oxygens (including phenoxy) is 1. The van der Waals surface area contributed by atoms with Gasteiger partial charge in [-0.3, -0.25) is 4.79 Å². The highest BCUT2D eigenvalue weighted by Gasteiger charge is 2.67. The molecule has 0 radical (unpaired) electrons. The fourth-order valence-electron chi connectivity index (χ4n) is 2.92. The Morgan fingerprint density at radius 2 is 1.74 bits per heavy atom. The number of rotatable bonds is 4. The topological polar surface area (TPSA) is 63.6 Å². The summed E-state index contributed by atoms with van der Waals surface area (Å²) in [5.41, 5.74) is 0. The predicted molar refractivity (Wildman–Crippen MR) is 52.6 cm³/mol.